The lowest BCUT2D eigenvalue weighted by Gasteiger charge is -2.16. The normalized spacial score (nSPS) is 11.9. The lowest BCUT2D eigenvalue weighted by Crippen LogP contribution is -2.30. The molecule has 1 aromatic heterocycles. The molecule has 0 saturated carbocycles. The van der Waals surface area contributed by atoms with Crippen LogP contribution in [-0.4, -0.2) is 23.5 Å². The van der Waals surface area contributed by atoms with Crippen molar-refractivity contribution in [3.8, 4) is 0 Å². The summed E-state index contributed by atoms with van der Waals surface area (Å²) in [6, 6.07) is 8.70. The summed E-state index contributed by atoms with van der Waals surface area (Å²) in [6.07, 6.45) is 0.932. The summed E-state index contributed by atoms with van der Waals surface area (Å²) >= 11 is 1.15. The number of amides is 2. The summed E-state index contributed by atoms with van der Waals surface area (Å²) in [4.78, 5) is 23.6. The topological polar surface area (TPSA) is 92.4 Å². The van der Waals surface area contributed by atoms with Crippen molar-refractivity contribution in [1.82, 2.24) is 5.32 Å². The van der Waals surface area contributed by atoms with Crippen molar-refractivity contribution < 1.29 is 14.7 Å². The van der Waals surface area contributed by atoms with Gasteiger partial charge in [-0.25, -0.2) is 0 Å². The molecule has 4 N–H and O–H groups in total. The highest BCUT2D eigenvalue weighted by Crippen LogP contribution is 2.18. The van der Waals surface area contributed by atoms with Crippen LogP contribution in [0.25, 0.3) is 0 Å². The molecular formula is C16H18N2O3S. The number of aliphatic hydroxyl groups excluding tert-OH is 1. The number of nitrogens with one attached hydrogen (secondary N) is 1. The molecule has 1 aromatic carbocycles. The number of hydrogen-bond acceptors (Lipinski definition) is 4. The largest absolute Gasteiger partial charge is 0.394 e. The van der Waals surface area contributed by atoms with Crippen molar-refractivity contribution in [3.63, 3.8) is 0 Å². The Labute approximate surface area is 132 Å². The Bertz CT molecular complexity index is 664. The second kappa shape index (κ2) is 7.20. The summed E-state index contributed by atoms with van der Waals surface area (Å²) in [7, 11) is 0. The fourth-order valence-corrected chi connectivity index (χ4v) is 2.83. The van der Waals surface area contributed by atoms with Gasteiger partial charge in [0.2, 0.25) is 5.91 Å². The molecule has 6 heteroatoms. The van der Waals surface area contributed by atoms with Crippen LogP contribution in [0, 0.1) is 0 Å². The molecule has 0 aliphatic carbocycles. The van der Waals surface area contributed by atoms with E-state index < -0.39 is 11.9 Å². The minimum absolute atomic E-state index is 0.203. The third-order valence-corrected chi connectivity index (χ3v) is 4.31. The van der Waals surface area contributed by atoms with Gasteiger partial charge >= 0.3 is 0 Å². The quantitative estimate of drug-likeness (QED) is 0.759. The summed E-state index contributed by atoms with van der Waals surface area (Å²) in [6.45, 7) is 1.86. The summed E-state index contributed by atoms with van der Waals surface area (Å²) in [5.41, 5.74) is 7.50. The molecule has 0 fully saturated rings. The fourth-order valence-electron chi connectivity index (χ4n) is 2.03. The number of benzene rings is 1. The van der Waals surface area contributed by atoms with E-state index in [4.69, 9.17) is 5.73 Å². The SMILES string of the molecule is CCc1ccc(C(CO)NC(=O)c2cc(C(N)=O)cs2)cc1. The van der Waals surface area contributed by atoms with E-state index in [1.807, 2.05) is 24.3 Å². The molecule has 2 rings (SSSR count). The van der Waals surface area contributed by atoms with Crippen LogP contribution in [-0.2, 0) is 6.42 Å². The highest BCUT2D eigenvalue weighted by atomic mass is 32.1. The molecule has 2 amide bonds. The Morgan fingerprint density at radius 1 is 1.32 bits per heavy atom. The van der Waals surface area contributed by atoms with Crippen molar-refractivity contribution >= 4 is 23.2 Å². The van der Waals surface area contributed by atoms with Crippen molar-refractivity contribution in [2.45, 2.75) is 19.4 Å². The Kier molecular flexibility index (Phi) is 5.30. The molecule has 22 heavy (non-hydrogen) atoms. The van der Waals surface area contributed by atoms with Gasteiger partial charge in [-0.05, 0) is 23.6 Å². The van der Waals surface area contributed by atoms with Crippen LogP contribution in [0.4, 0.5) is 0 Å². The molecule has 0 aliphatic heterocycles. The van der Waals surface area contributed by atoms with Crippen molar-refractivity contribution in [3.05, 3.63) is 57.3 Å². The van der Waals surface area contributed by atoms with Crippen molar-refractivity contribution in [1.29, 1.82) is 0 Å². The summed E-state index contributed by atoms with van der Waals surface area (Å²) in [5.74, 6) is -0.903. The third kappa shape index (κ3) is 3.72. The maximum atomic E-state index is 12.2. The van der Waals surface area contributed by atoms with Crippen LogP contribution in [0.3, 0.4) is 0 Å². The van der Waals surface area contributed by atoms with E-state index >= 15 is 0 Å². The van der Waals surface area contributed by atoms with Gasteiger partial charge in [-0.3, -0.25) is 9.59 Å². The van der Waals surface area contributed by atoms with Gasteiger partial charge in [-0.15, -0.1) is 11.3 Å². The molecule has 0 aliphatic rings. The minimum atomic E-state index is -0.566. The Morgan fingerprint density at radius 3 is 2.50 bits per heavy atom. The molecule has 0 spiro atoms. The van der Waals surface area contributed by atoms with Crippen molar-refractivity contribution in [2.24, 2.45) is 5.73 Å². The molecule has 1 heterocycles. The average Bonchev–Trinajstić information content (AvgIpc) is 3.03. The number of aliphatic hydroxyl groups is 1. The van der Waals surface area contributed by atoms with Crippen LogP contribution in [0.2, 0.25) is 0 Å². The molecule has 1 atom stereocenters. The minimum Gasteiger partial charge on any atom is -0.394 e. The van der Waals surface area contributed by atoms with Crippen LogP contribution < -0.4 is 11.1 Å². The summed E-state index contributed by atoms with van der Waals surface area (Å²) in [5, 5.41) is 13.8. The highest BCUT2D eigenvalue weighted by Gasteiger charge is 2.17. The van der Waals surface area contributed by atoms with Gasteiger partial charge < -0.3 is 16.2 Å². The molecule has 2 aromatic rings. The fraction of sp³-hybridized carbons (Fsp3) is 0.250. The standard InChI is InChI=1S/C16H18N2O3S/c1-2-10-3-5-11(6-4-10)13(8-19)18-16(21)14-7-12(9-22-14)15(17)20/h3-7,9,13,19H,2,8H2,1H3,(H2,17,20)(H,18,21). The molecular weight excluding hydrogens is 300 g/mol. The predicted molar refractivity (Wildman–Crippen MR) is 85.9 cm³/mol. The first kappa shape index (κ1) is 16.2. The first-order valence-corrected chi connectivity index (χ1v) is 7.82. The van der Waals surface area contributed by atoms with Gasteiger partial charge in [-0.1, -0.05) is 31.2 Å². The number of carbonyl (C=O) groups excluding carboxylic acids is 2. The Morgan fingerprint density at radius 2 is 2.00 bits per heavy atom. The van der Waals surface area contributed by atoms with Gasteiger partial charge in [0.25, 0.3) is 5.91 Å². The molecule has 116 valence electrons. The number of primary amides is 1. The maximum absolute atomic E-state index is 12.2. The lowest BCUT2D eigenvalue weighted by atomic mass is 10.0. The van der Waals surface area contributed by atoms with Gasteiger partial charge in [0.1, 0.15) is 0 Å². The number of nitrogens with two attached hydrogens (primary N) is 1. The van der Waals surface area contributed by atoms with Crippen LogP contribution >= 0.6 is 11.3 Å². The number of hydrogen-bond donors (Lipinski definition) is 3. The molecule has 0 bridgehead atoms. The lowest BCUT2D eigenvalue weighted by molar-refractivity contribution is 0.0920. The maximum Gasteiger partial charge on any atom is 0.261 e. The number of carbonyl (C=O) groups is 2. The average molecular weight is 318 g/mol. The van der Waals surface area contributed by atoms with E-state index in [9.17, 15) is 14.7 Å². The Hall–Kier alpha value is -2.18. The first-order valence-electron chi connectivity index (χ1n) is 6.94. The number of aryl methyl sites for hydroxylation is 1. The van der Waals surface area contributed by atoms with Gasteiger partial charge in [0.05, 0.1) is 23.1 Å². The zero-order valence-electron chi connectivity index (χ0n) is 12.2. The van der Waals surface area contributed by atoms with Gasteiger partial charge in [-0.2, -0.15) is 0 Å². The van der Waals surface area contributed by atoms with Gasteiger partial charge in [0, 0.05) is 5.38 Å². The van der Waals surface area contributed by atoms with E-state index in [2.05, 4.69) is 12.2 Å². The number of thiophene rings is 1. The smallest absolute Gasteiger partial charge is 0.261 e. The van der Waals surface area contributed by atoms with E-state index in [1.54, 1.807) is 5.38 Å². The van der Waals surface area contributed by atoms with Crippen LogP contribution in [0.15, 0.2) is 35.7 Å². The molecule has 5 nitrogen and oxygen atoms in total. The second-order valence-corrected chi connectivity index (χ2v) is 5.78. The molecule has 1 unspecified atom stereocenters. The zero-order chi connectivity index (χ0) is 16.1. The van der Waals surface area contributed by atoms with E-state index in [-0.39, 0.29) is 12.5 Å². The van der Waals surface area contributed by atoms with Crippen LogP contribution in [0.5, 0.6) is 0 Å². The van der Waals surface area contributed by atoms with Crippen molar-refractivity contribution in [2.75, 3.05) is 6.61 Å². The Balaban J connectivity index is 2.10. The molecule has 0 radical (unpaired) electrons. The number of rotatable bonds is 6. The van der Waals surface area contributed by atoms with Gasteiger partial charge in [0.15, 0.2) is 0 Å². The second-order valence-electron chi connectivity index (χ2n) is 4.87. The zero-order valence-corrected chi connectivity index (χ0v) is 13.0. The van der Waals surface area contributed by atoms with E-state index in [0.717, 1.165) is 23.3 Å². The predicted octanol–water partition coefficient (Wildman–Crippen LogP) is 1.87. The third-order valence-electron chi connectivity index (χ3n) is 3.39. The van der Waals surface area contributed by atoms with Crippen LogP contribution in [0.1, 0.15) is 44.1 Å². The summed E-state index contributed by atoms with van der Waals surface area (Å²) < 4.78 is 0. The van der Waals surface area contributed by atoms with E-state index in [1.165, 1.54) is 11.6 Å². The monoisotopic (exact) mass is 318 g/mol. The highest BCUT2D eigenvalue weighted by molar-refractivity contribution is 7.12. The first-order chi connectivity index (χ1) is 10.5. The molecule has 0 saturated heterocycles. The van der Waals surface area contributed by atoms with E-state index in [0.29, 0.717) is 10.4 Å².